The molecule has 0 aliphatic rings. The minimum atomic E-state index is -0.631. The third kappa shape index (κ3) is 2.46. The number of ketones is 1. The summed E-state index contributed by atoms with van der Waals surface area (Å²) in [5.74, 6) is -0.0929. The molecule has 1 nitrogen and oxygen atoms in total. The van der Waals surface area contributed by atoms with Gasteiger partial charge in [0, 0.05) is 4.47 Å². The highest BCUT2D eigenvalue weighted by Crippen LogP contribution is 2.33. The van der Waals surface area contributed by atoms with Crippen LogP contribution in [0.15, 0.2) is 22.7 Å². The molecule has 1 aromatic rings. The number of Topliss-reactive ketones (excluding diaryl/α,β-unsaturated/α-hetero) is 1. The van der Waals surface area contributed by atoms with Gasteiger partial charge in [-0.15, -0.1) is 11.6 Å². The van der Waals surface area contributed by atoms with E-state index in [0.29, 0.717) is 15.1 Å². The Morgan fingerprint density at radius 2 is 2.15 bits per heavy atom. The Bertz CT molecular complexity index is 338. The fourth-order valence-corrected chi connectivity index (χ4v) is 1.92. The summed E-state index contributed by atoms with van der Waals surface area (Å²) in [7, 11) is 0. The Kier molecular flexibility index (Phi) is 3.77. The van der Waals surface area contributed by atoms with Crippen molar-refractivity contribution in [2.75, 3.05) is 0 Å². The zero-order chi connectivity index (χ0) is 10.0. The van der Waals surface area contributed by atoms with E-state index < -0.39 is 5.38 Å². The third-order valence-electron chi connectivity index (χ3n) is 1.61. The van der Waals surface area contributed by atoms with Crippen LogP contribution in [0.25, 0.3) is 0 Å². The SMILES string of the molecule is CC(=O)C(Cl)c1cccc(Cl)c1Br. The van der Waals surface area contributed by atoms with Crippen molar-refractivity contribution in [3.63, 3.8) is 0 Å². The number of alkyl halides is 1. The maximum atomic E-state index is 11.0. The lowest BCUT2D eigenvalue weighted by Crippen LogP contribution is -2.02. The third-order valence-corrected chi connectivity index (χ3v) is 3.58. The monoisotopic (exact) mass is 280 g/mol. The number of benzene rings is 1. The quantitative estimate of drug-likeness (QED) is 0.750. The van der Waals surface area contributed by atoms with Crippen LogP contribution < -0.4 is 0 Å². The molecule has 0 saturated heterocycles. The van der Waals surface area contributed by atoms with E-state index in [1.165, 1.54) is 6.92 Å². The van der Waals surface area contributed by atoms with Crippen LogP contribution >= 0.6 is 39.1 Å². The molecular formula is C9H7BrCl2O. The molecular weight excluding hydrogens is 275 g/mol. The molecule has 0 spiro atoms. The van der Waals surface area contributed by atoms with Gasteiger partial charge < -0.3 is 0 Å². The van der Waals surface area contributed by atoms with Crippen molar-refractivity contribution in [1.82, 2.24) is 0 Å². The zero-order valence-electron chi connectivity index (χ0n) is 6.85. The van der Waals surface area contributed by atoms with Crippen LogP contribution in [-0.4, -0.2) is 5.78 Å². The van der Waals surface area contributed by atoms with E-state index in [1.807, 2.05) is 0 Å². The topological polar surface area (TPSA) is 17.1 Å². The van der Waals surface area contributed by atoms with Crippen LogP contribution in [0.5, 0.6) is 0 Å². The molecule has 4 heteroatoms. The first kappa shape index (κ1) is 11.0. The van der Waals surface area contributed by atoms with Crippen molar-refractivity contribution >= 4 is 44.9 Å². The van der Waals surface area contributed by atoms with Crippen molar-refractivity contribution in [3.05, 3.63) is 33.3 Å². The average molecular weight is 282 g/mol. The molecule has 0 aliphatic heterocycles. The summed E-state index contributed by atoms with van der Waals surface area (Å²) in [5.41, 5.74) is 0.710. The summed E-state index contributed by atoms with van der Waals surface area (Å²) in [6.45, 7) is 1.45. The normalized spacial score (nSPS) is 12.6. The maximum Gasteiger partial charge on any atom is 0.152 e. The Labute approximate surface area is 95.2 Å². The van der Waals surface area contributed by atoms with Crippen molar-refractivity contribution in [3.8, 4) is 0 Å². The molecule has 0 radical (unpaired) electrons. The highest BCUT2D eigenvalue weighted by atomic mass is 79.9. The van der Waals surface area contributed by atoms with Crippen molar-refractivity contribution in [2.24, 2.45) is 0 Å². The average Bonchev–Trinajstić information content (AvgIpc) is 2.08. The Morgan fingerprint density at radius 3 is 2.69 bits per heavy atom. The molecule has 1 unspecified atom stereocenters. The summed E-state index contributed by atoms with van der Waals surface area (Å²) in [5, 5.41) is -0.0718. The number of hydrogen-bond donors (Lipinski definition) is 0. The largest absolute Gasteiger partial charge is 0.298 e. The standard InChI is InChI=1S/C9H7BrCl2O/c1-5(13)9(12)6-3-2-4-7(11)8(6)10/h2-4,9H,1H3. The van der Waals surface area contributed by atoms with Gasteiger partial charge in [-0.1, -0.05) is 23.7 Å². The van der Waals surface area contributed by atoms with Crippen LogP contribution in [0, 0.1) is 0 Å². The Balaban J connectivity index is 3.15. The molecule has 0 heterocycles. The fraction of sp³-hybridized carbons (Fsp3) is 0.222. The van der Waals surface area contributed by atoms with Gasteiger partial charge in [0.05, 0.1) is 5.02 Å². The predicted molar refractivity (Wildman–Crippen MR) is 58.4 cm³/mol. The fourth-order valence-electron chi connectivity index (χ4n) is 0.935. The molecule has 0 aliphatic carbocycles. The summed E-state index contributed by atoms with van der Waals surface area (Å²) in [6, 6.07) is 5.27. The molecule has 1 rings (SSSR count). The Hall–Kier alpha value is -0.0500. The van der Waals surface area contributed by atoms with E-state index >= 15 is 0 Å². The molecule has 0 aromatic heterocycles. The lowest BCUT2D eigenvalue weighted by atomic mass is 10.1. The van der Waals surface area contributed by atoms with E-state index in [4.69, 9.17) is 23.2 Å². The van der Waals surface area contributed by atoms with Crippen LogP contribution in [0.1, 0.15) is 17.9 Å². The second-order valence-corrected chi connectivity index (χ2v) is 4.25. The second kappa shape index (κ2) is 4.45. The number of rotatable bonds is 2. The van der Waals surface area contributed by atoms with E-state index in [9.17, 15) is 4.79 Å². The van der Waals surface area contributed by atoms with E-state index in [0.717, 1.165) is 0 Å². The van der Waals surface area contributed by atoms with Gasteiger partial charge in [-0.25, -0.2) is 0 Å². The molecule has 1 aromatic carbocycles. The van der Waals surface area contributed by atoms with Crippen LogP contribution in [0.4, 0.5) is 0 Å². The number of carbonyl (C=O) groups excluding carboxylic acids is 1. The van der Waals surface area contributed by atoms with Gasteiger partial charge in [-0.05, 0) is 34.5 Å². The first-order valence-corrected chi connectivity index (χ1v) is 5.23. The molecule has 0 bridgehead atoms. The summed E-state index contributed by atoms with van der Waals surface area (Å²) >= 11 is 15.0. The Morgan fingerprint density at radius 1 is 1.54 bits per heavy atom. The van der Waals surface area contributed by atoms with Crippen LogP contribution in [0.2, 0.25) is 5.02 Å². The minimum Gasteiger partial charge on any atom is -0.298 e. The van der Waals surface area contributed by atoms with Gasteiger partial charge in [0.1, 0.15) is 5.38 Å². The first-order chi connectivity index (χ1) is 6.04. The predicted octanol–water partition coefficient (Wildman–Crippen LogP) is 3.97. The summed E-state index contributed by atoms with van der Waals surface area (Å²) < 4.78 is 0.687. The van der Waals surface area contributed by atoms with Gasteiger partial charge >= 0.3 is 0 Å². The molecule has 0 saturated carbocycles. The molecule has 13 heavy (non-hydrogen) atoms. The molecule has 70 valence electrons. The molecule has 1 atom stereocenters. The van der Waals surface area contributed by atoms with E-state index in [1.54, 1.807) is 18.2 Å². The number of halogens is 3. The van der Waals surface area contributed by atoms with Crippen molar-refractivity contribution < 1.29 is 4.79 Å². The van der Waals surface area contributed by atoms with Gasteiger partial charge in [0.2, 0.25) is 0 Å². The maximum absolute atomic E-state index is 11.0. The van der Waals surface area contributed by atoms with Crippen molar-refractivity contribution in [2.45, 2.75) is 12.3 Å². The van der Waals surface area contributed by atoms with Crippen LogP contribution in [-0.2, 0) is 4.79 Å². The summed E-state index contributed by atoms with van der Waals surface area (Å²) in [4.78, 5) is 11.0. The molecule has 0 fully saturated rings. The zero-order valence-corrected chi connectivity index (χ0v) is 9.95. The second-order valence-electron chi connectivity index (χ2n) is 2.62. The minimum absolute atomic E-state index is 0.0929. The highest BCUT2D eigenvalue weighted by molar-refractivity contribution is 9.10. The van der Waals surface area contributed by atoms with Gasteiger partial charge in [-0.2, -0.15) is 0 Å². The van der Waals surface area contributed by atoms with E-state index in [-0.39, 0.29) is 5.78 Å². The molecule has 0 amide bonds. The summed E-state index contributed by atoms with van der Waals surface area (Å²) in [6.07, 6.45) is 0. The number of carbonyl (C=O) groups is 1. The molecule has 0 N–H and O–H groups in total. The smallest absolute Gasteiger partial charge is 0.152 e. The number of hydrogen-bond acceptors (Lipinski definition) is 1. The lowest BCUT2D eigenvalue weighted by molar-refractivity contribution is -0.116. The van der Waals surface area contributed by atoms with Gasteiger partial charge in [-0.3, -0.25) is 4.79 Å². The van der Waals surface area contributed by atoms with Crippen LogP contribution in [0.3, 0.4) is 0 Å². The van der Waals surface area contributed by atoms with E-state index in [2.05, 4.69) is 15.9 Å². The van der Waals surface area contributed by atoms with Gasteiger partial charge in [0.15, 0.2) is 5.78 Å². The van der Waals surface area contributed by atoms with Crippen molar-refractivity contribution in [1.29, 1.82) is 0 Å². The lowest BCUT2D eigenvalue weighted by Gasteiger charge is -2.08. The first-order valence-electron chi connectivity index (χ1n) is 3.62. The van der Waals surface area contributed by atoms with Gasteiger partial charge in [0.25, 0.3) is 0 Å². The highest BCUT2D eigenvalue weighted by Gasteiger charge is 2.16.